The van der Waals surface area contributed by atoms with E-state index in [9.17, 15) is 0 Å². The van der Waals surface area contributed by atoms with E-state index in [1.807, 2.05) is 10.6 Å². The molecule has 0 atom stereocenters. The van der Waals surface area contributed by atoms with Gasteiger partial charge in [-0.05, 0) is 0 Å². The van der Waals surface area contributed by atoms with Gasteiger partial charge in [-0.15, -0.1) is 16.8 Å². The van der Waals surface area contributed by atoms with E-state index in [4.69, 9.17) is 0 Å². The van der Waals surface area contributed by atoms with Gasteiger partial charge in [0.15, 0.2) is 5.82 Å². The van der Waals surface area contributed by atoms with Crippen LogP contribution >= 0.6 is 11.3 Å². The molecule has 0 unspecified atom stereocenters. The molecule has 2 heterocycles. The first-order valence-electron chi connectivity index (χ1n) is 5.55. The van der Waals surface area contributed by atoms with Crippen LogP contribution in [0.15, 0.2) is 12.7 Å². The van der Waals surface area contributed by atoms with Gasteiger partial charge in [-0.1, -0.05) is 38.2 Å². The fraction of sp³-hybridized carbons (Fsp3) is 0.545. The molecule has 1 N–H and O–H groups in total. The highest BCUT2D eigenvalue weighted by Crippen LogP contribution is 2.23. The Balaban J connectivity index is 2.26. The lowest BCUT2D eigenvalue weighted by molar-refractivity contribution is 0.525. The second kappa shape index (κ2) is 4.54. The van der Waals surface area contributed by atoms with E-state index in [1.54, 1.807) is 11.3 Å². The minimum absolute atomic E-state index is 0.0424. The minimum atomic E-state index is -0.0424. The maximum atomic E-state index is 4.52. The van der Waals surface area contributed by atoms with Gasteiger partial charge in [0.25, 0.3) is 0 Å². The van der Waals surface area contributed by atoms with Crippen molar-refractivity contribution in [3.8, 4) is 0 Å². The zero-order valence-corrected chi connectivity index (χ0v) is 11.2. The van der Waals surface area contributed by atoms with Crippen LogP contribution in [0.1, 0.15) is 31.6 Å². The molecule has 5 nitrogen and oxygen atoms in total. The Kier molecular flexibility index (Phi) is 3.26. The van der Waals surface area contributed by atoms with Crippen LogP contribution in [0.2, 0.25) is 0 Å². The average molecular weight is 251 g/mol. The van der Waals surface area contributed by atoms with Crippen LogP contribution in [0.4, 0.5) is 0 Å². The number of nitrogens with one attached hydrogen (secondary N) is 1. The summed E-state index contributed by atoms with van der Waals surface area (Å²) in [5, 5.41) is 17.1. The van der Waals surface area contributed by atoms with E-state index < -0.39 is 0 Å². The second-order valence-corrected chi connectivity index (χ2v) is 5.92. The lowest BCUT2D eigenvalue weighted by Crippen LogP contribution is -2.17. The van der Waals surface area contributed by atoms with Gasteiger partial charge in [0, 0.05) is 18.5 Å². The first-order chi connectivity index (χ1) is 8.02. The van der Waals surface area contributed by atoms with Gasteiger partial charge in [0.2, 0.25) is 4.96 Å². The second-order valence-electron chi connectivity index (χ2n) is 4.88. The van der Waals surface area contributed by atoms with Crippen LogP contribution in [0.25, 0.3) is 4.96 Å². The Morgan fingerprint density at radius 3 is 2.82 bits per heavy atom. The van der Waals surface area contributed by atoms with E-state index >= 15 is 0 Å². The molecule has 17 heavy (non-hydrogen) atoms. The van der Waals surface area contributed by atoms with Crippen LogP contribution in [0.3, 0.4) is 0 Å². The van der Waals surface area contributed by atoms with Crippen molar-refractivity contribution in [1.82, 2.24) is 25.1 Å². The molecule has 0 amide bonds. The summed E-state index contributed by atoms with van der Waals surface area (Å²) in [7, 11) is 0. The first-order valence-corrected chi connectivity index (χ1v) is 6.37. The maximum Gasteiger partial charge on any atom is 0.234 e. The third-order valence-corrected chi connectivity index (χ3v) is 3.17. The van der Waals surface area contributed by atoms with Crippen LogP contribution < -0.4 is 5.32 Å². The van der Waals surface area contributed by atoms with E-state index in [2.05, 4.69) is 48.0 Å². The quantitative estimate of drug-likeness (QED) is 0.664. The molecule has 0 spiro atoms. The van der Waals surface area contributed by atoms with Gasteiger partial charge in [0.05, 0.1) is 0 Å². The molecule has 92 valence electrons. The molecule has 0 aliphatic heterocycles. The van der Waals surface area contributed by atoms with Crippen molar-refractivity contribution in [3.63, 3.8) is 0 Å². The highest BCUT2D eigenvalue weighted by Gasteiger charge is 2.23. The Morgan fingerprint density at radius 2 is 2.18 bits per heavy atom. The molecule has 2 rings (SSSR count). The molecule has 0 saturated heterocycles. The summed E-state index contributed by atoms with van der Waals surface area (Å²) in [6.07, 6.45) is 1.83. The number of hydrogen-bond acceptors (Lipinski definition) is 5. The van der Waals surface area contributed by atoms with Gasteiger partial charge >= 0.3 is 0 Å². The van der Waals surface area contributed by atoms with Crippen molar-refractivity contribution >= 4 is 16.3 Å². The topological polar surface area (TPSA) is 55.1 Å². The van der Waals surface area contributed by atoms with Crippen LogP contribution in [0, 0.1) is 0 Å². The number of nitrogens with zero attached hydrogens (tertiary/aromatic N) is 4. The van der Waals surface area contributed by atoms with Gasteiger partial charge < -0.3 is 5.32 Å². The van der Waals surface area contributed by atoms with Crippen molar-refractivity contribution in [2.24, 2.45) is 0 Å². The fourth-order valence-electron chi connectivity index (χ4n) is 1.48. The largest absolute Gasteiger partial charge is 0.307 e. The minimum Gasteiger partial charge on any atom is -0.307 e. The van der Waals surface area contributed by atoms with E-state index in [-0.39, 0.29) is 5.41 Å². The molecule has 0 aliphatic carbocycles. The van der Waals surface area contributed by atoms with Crippen LogP contribution in [-0.4, -0.2) is 26.4 Å². The third-order valence-electron chi connectivity index (χ3n) is 2.27. The smallest absolute Gasteiger partial charge is 0.234 e. The molecular formula is C11H17N5S. The third kappa shape index (κ3) is 2.53. The highest BCUT2D eigenvalue weighted by atomic mass is 32.1. The maximum absolute atomic E-state index is 4.52. The number of rotatable bonds is 4. The molecule has 0 aliphatic rings. The van der Waals surface area contributed by atoms with Crippen molar-refractivity contribution in [2.45, 2.75) is 32.7 Å². The van der Waals surface area contributed by atoms with Crippen molar-refractivity contribution in [3.05, 3.63) is 23.5 Å². The molecule has 0 saturated carbocycles. The molecular weight excluding hydrogens is 234 g/mol. The zero-order valence-electron chi connectivity index (χ0n) is 10.4. The normalized spacial score (nSPS) is 12.2. The van der Waals surface area contributed by atoms with Gasteiger partial charge in [-0.2, -0.15) is 9.61 Å². The molecule has 2 aromatic heterocycles. The first kappa shape index (κ1) is 12.2. The number of hydrogen-bond donors (Lipinski definition) is 1. The van der Waals surface area contributed by atoms with Crippen LogP contribution in [-0.2, 0) is 12.0 Å². The van der Waals surface area contributed by atoms with Gasteiger partial charge in [0.1, 0.15) is 5.01 Å². The Morgan fingerprint density at radius 1 is 1.41 bits per heavy atom. The average Bonchev–Trinajstić information content (AvgIpc) is 2.74. The van der Waals surface area contributed by atoms with Crippen molar-refractivity contribution < 1.29 is 0 Å². The van der Waals surface area contributed by atoms with Gasteiger partial charge in [-0.3, -0.25) is 0 Å². The predicted molar refractivity (Wildman–Crippen MR) is 69.3 cm³/mol. The Hall–Kier alpha value is -1.27. The summed E-state index contributed by atoms with van der Waals surface area (Å²) in [5.41, 5.74) is -0.0424. The summed E-state index contributed by atoms with van der Waals surface area (Å²) in [6, 6.07) is 0. The van der Waals surface area contributed by atoms with Crippen molar-refractivity contribution in [1.29, 1.82) is 0 Å². The Bertz CT molecular complexity index is 519. The Labute approximate surface area is 105 Å². The lowest BCUT2D eigenvalue weighted by Gasteiger charge is -2.13. The molecule has 0 bridgehead atoms. The molecule has 0 fully saturated rings. The monoisotopic (exact) mass is 251 g/mol. The molecule has 2 aromatic rings. The predicted octanol–water partition coefficient (Wildman–Crippen LogP) is 1.76. The van der Waals surface area contributed by atoms with E-state index in [0.717, 1.165) is 28.9 Å². The fourth-order valence-corrected chi connectivity index (χ4v) is 2.28. The number of fused-ring (bicyclic) bond motifs is 1. The summed E-state index contributed by atoms with van der Waals surface area (Å²) in [4.78, 5) is 0.852. The molecule has 0 aromatic carbocycles. The van der Waals surface area contributed by atoms with E-state index in [0.29, 0.717) is 0 Å². The highest BCUT2D eigenvalue weighted by molar-refractivity contribution is 7.16. The van der Waals surface area contributed by atoms with Crippen LogP contribution in [0.5, 0.6) is 0 Å². The number of aromatic nitrogens is 4. The van der Waals surface area contributed by atoms with E-state index in [1.165, 1.54) is 0 Å². The SMILES string of the molecule is C=CCNCc1nn2c(C(C)(C)C)nnc2s1. The van der Waals surface area contributed by atoms with Crippen molar-refractivity contribution in [2.75, 3.05) is 6.54 Å². The molecule has 0 radical (unpaired) electrons. The summed E-state index contributed by atoms with van der Waals surface area (Å²) in [6.45, 7) is 11.5. The lowest BCUT2D eigenvalue weighted by atomic mass is 9.96. The van der Waals surface area contributed by atoms with Gasteiger partial charge in [-0.25, -0.2) is 0 Å². The summed E-state index contributed by atoms with van der Waals surface area (Å²) < 4.78 is 1.84. The zero-order chi connectivity index (χ0) is 12.5. The summed E-state index contributed by atoms with van der Waals surface area (Å²) in [5.74, 6) is 0.902. The molecule has 6 heteroatoms. The standard InChI is InChI=1S/C11H17N5S/c1-5-6-12-7-8-15-16-9(11(2,3)4)13-14-10(16)17-8/h5,12H,1,6-7H2,2-4H3. The summed E-state index contributed by atoms with van der Waals surface area (Å²) >= 11 is 1.57.